The van der Waals surface area contributed by atoms with Crippen LogP contribution in [0.25, 0.3) is 5.76 Å². The summed E-state index contributed by atoms with van der Waals surface area (Å²) in [6.45, 7) is 7.04. The van der Waals surface area contributed by atoms with E-state index in [-0.39, 0.29) is 17.4 Å². The number of benzene rings is 2. The zero-order valence-electron chi connectivity index (χ0n) is 18.8. The fourth-order valence-corrected chi connectivity index (χ4v) is 4.38. The van der Waals surface area contributed by atoms with Crippen LogP contribution in [0.15, 0.2) is 66.8 Å². The van der Waals surface area contributed by atoms with Crippen molar-refractivity contribution in [1.29, 1.82) is 0 Å². The van der Waals surface area contributed by atoms with Crippen LogP contribution in [-0.4, -0.2) is 47.6 Å². The average Bonchev–Trinajstić information content (AvgIpc) is 3.45. The highest BCUT2D eigenvalue weighted by Gasteiger charge is 2.47. The summed E-state index contributed by atoms with van der Waals surface area (Å²) in [4.78, 5) is 27.7. The van der Waals surface area contributed by atoms with E-state index >= 15 is 0 Å². The molecule has 2 aliphatic rings. The SMILES string of the molecule is C=CCOc1ccc(C(O)=C2C(=O)C(=O)N(C[C@@H]3CCCO3)[C@H]2c2ccc(CC)cc2)cc1. The number of Topliss-reactive ketones (excluding diaryl/α,β-unsaturated/α-hetero) is 1. The molecule has 0 aromatic heterocycles. The number of rotatable bonds is 8. The predicted molar refractivity (Wildman–Crippen MR) is 126 cm³/mol. The lowest BCUT2D eigenvalue weighted by Gasteiger charge is -2.27. The molecule has 0 radical (unpaired) electrons. The standard InChI is InChI=1S/C27H29NO5/c1-3-15-32-21-13-11-20(12-14-21)25(29)23-24(19-9-7-18(4-2)8-10-19)28(27(31)26(23)30)17-22-6-5-16-33-22/h3,7-14,22,24,29H,1,4-6,15-17H2,2H3/t22-,24-/m0/s1. The summed E-state index contributed by atoms with van der Waals surface area (Å²) in [5, 5.41) is 11.2. The second-order valence-electron chi connectivity index (χ2n) is 8.31. The predicted octanol–water partition coefficient (Wildman–Crippen LogP) is 4.41. The number of amides is 1. The smallest absolute Gasteiger partial charge is 0.295 e. The van der Waals surface area contributed by atoms with E-state index < -0.39 is 17.7 Å². The molecule has 0 aliphatic carbocycles. The first-order chi connectivity index (χ1) is 16.0. The fraction of sp³-hybridized carbons (Fsp3) is 0.333. The molecule has 2 aromatic carbocycles. The molecule has 2 saturated heterocycles. The van der Waals surface area contributed by atoms with Gasteiger partial charge < -0.3 is 19.5 Å². The van der Waals surface area contributed by atoms with Crippen molar-refractivity contribution in [3.63, 3.8) is 0 Å². The van der Waals surface area contributed by atoms with Crippen LogP contribution in [0.2, 0.25) is 0 Å². The van der Waals surface area contributed by atoms with Crippen LogP contribution in [0.3, 0.4) is 0 Å². The third-order valence-corrected chi connectivity index (χ3v) is 6.16. The minimum absolute atomic E-state index is 0.0991. The molecule has 2 atom stereocenters. The molecule has 2 aromatic rings. The minimum Gasteiger partial charge on any atom is -0.507 e. The van der Waals surface area contributed by atoms with Crippen molar-refractivity contribution in [2.45, 2.75) is 38.3 Å². The number of likely N-dealkylation sites (tertiary alicyclic amines) is 1. The second kappa shape index (κ2) is 10.0. The van der Waals surface area contributed by atoms with Crippen molar-refractivity contribution < 1.29 is 24.2 Å². The Balaban J connectivity index is 1.74. The molecular formula is C27H29NO5. The number of ketones is 1. The Bertz CT molecular complexity index is 1050. The first kappa shape index (κ1) is 22.8. The van der Waals surface area contributed by atoms with Crippen LogP contribution in [0.1, 0.15) is 42.5 Å². The maximum absolute atomic E-state index is 13.1. The largest absolute Gasteiger partial charge is 0.507 e. The zero-order chi connectivity index (χ0) is 23.4. The maximum Gasteiger partial charge on any atom is 0.295 e. The van der Waals surface area contributed by atoms with E-state index in [1.807, 2.05) is 24.3 Å². The van der Waals surface area contributed by atoms with Gasteiger partial charge in [0.1, 0.15) is 18.1 Å². The minimum atomic E-state index is -0.679. The van der Waals surface area contributed by atoms with Crippen LogP contribution in [-0.2, 0) is 20.7 Å². The molecule has 4 rings (SSSR count). The number of aryl methyl sites for hydroxylation is 1. The van der Waals surface area contributed by atoms with Gasteiger partial charge in [-0.2, -0.15) is 0 Å². The summed E-state index contributed by atoms with van der Waals surface area (Å²) in [6.07, 6.45) is 4.20. The van der Waals surface area contributed by atoms with Crippen molar-refractivity contribution in [3.8, 4) is 5.75 Å². The molecule has 1 N–H and O–H groups in total. The van der Waals surface area contributed by atoms with Gasteiger partial charge in [0, 0.05) is 18.7 Å². The summed E-state index contributed by atoms with van der Waals surface area (Å²) in [5.74, 6) is -0.857. The first-order valence-electron chi connectivity index (χ1n) is 11.4. The highest BCUT2D eigenvalue weighted by atomic mass is 16.5. The van der Waals surface area contributed by atoms with Gasteiger partial charge in [0.25, 0.3) is 11.7 Å². The number of carbonyl (C=O) groups is 2. The van der Waals surface area contributed by atoms with Crippen molar-refractivity contribution >= 4 is 17.4 Å². The van der Waals surface area contributed by atoms with Crippen molar-refractivity contribution in [1.82, 2.24) is 4.90 Å². The Morgan fingerprint density at radius 1 is 1.18 bits per heavy atom. The third kappa shape index (κ3) is 4.71. The second-order valence-corrected chi connectivity index (χ2v) is 8.31. The molecule has 0 unspecified atom stereocenters. The van der Waals surface area contributed by atoms with Crippen LogP contribution >= 0.6 is 0 Å². The molecule has 1 amide bonds. The number of carbonyl (C=O) groups excluding carboxylic acids is 2. The molecule has 6 nitrogen and oxygen atoms in total. The highest BCUT2D eigenvalue weighted by molar-refractivity contribution is 6.46. The van der Waals surface area contributed by atoms with Crippen LogP contribution in [0.4, 0.5) is 0 Å². The van der Waals surface area contributed by atoms with Gasteiger partial charge in [0.2, 0.25) is 0 Å². The van der Waals surface area contributed by atoms with Crippen LogP contribution in [0.5, 0.6) is 5.75 Å². The lowest BCUT2D eigenvalue weighted by atomic mass is 9.94. The summed E-state index contributed by atoms with van der Waals surface area (Å²) >= 11 is 0. The van der Waals surface area contributed by atoms with E-state index in [0.29, 0.717) is 31.1 Å². The molecule has 2 aliphatic heterocycles. The summed E-state index contributed by atoms with van der Waals surface area (Å²) in [5.41, 5.74) is 2.50. The monoisotopic (exact) mass is 447 g/mol. The molecule has 2 fully saturated rings. The van der Waals surface area contributed by atoms with Crippen molar-refractivity contribution in [2.24, 2.45) is 0 Å². The number of ether oxygens (including phenoxy) is 2. The number of aliphatic hydroxyl groups excluding tert-OH is 1. The Labute approximate surface area is 194 Å². The Morgan fingerprint density at radius 2 is 1.91 bits per heavy atom. The van der Waals surface area contributed by atoms with Gasteiger partial charge in [-0.05, 0) is 54.7 Å². The first-order valence-corrected chi connectivity index (χ1v) is 11.4. The highest BCUT2D eigenvalue weighted by Crippen LogP contribution is 2.40. The van der Waals surface area contributed by atoms with E-state index in [2.05, 4.69) is 13.5 Å². The van der Waals surface area contributed by atoms with E-state index in [4.69, 9.17) is 9.47 Å². The van der Waals surface area contributed by atoms with Gasteiger partial charge in [-0.25, -0.2) is 0 Å². The van der Waals surface area contributed by atoms with E-state index in [1.165, 1.54) is 0 Å². The topological polar surface area (TPSA) is 76.1 Å². The zero-order valence-corrected chi connectivity index (χ0v) is 18.8. The van der Waals surface area contributed by atoms with Crippen LogP contribution < -0.4 is 4.74 Å². The molecule has 0 bridgehead atoms. The van der Waals surface area contributed by atoms with Gasteiger partial charge >= 0.3 is 0 Å². The van der Waals surface area contributed by atoms with Crippen molar-refractivity contribution in [3.05, 3.63) is 83.4 Å². The summed E-state index contributed by atoms with van der Waals surface area (Å²) in [7, 11) is 0. The molecule has 172 valence electrons. The molecule has 33 heavy (non-hydrogen) atoms. The Kier molecular flexibility index (Phi) is 6.94. The molecule has 0 saturated carbocycles. The normalized spacial score (nSPS) is 22.0. The van der Waals surface area contributed by atoms with Gasteiger partial charge in [0.15, 0.2) is 0 Å². The third-order valence-electron chi connectivity index (χ3n) is 6.16. The fourth-order valence-electron chi connectivity index (χ4n) is 4.38. The number of hydrogen-bond donors (Lipinski definition) is 1. The van der Waals surface area contributed by atoms with Gasteiger partial charge in [0.05, 0.1) is 17.7 Å². The Hall–Kier alpha value is -3.38. The summed E-state index contributed by atoms with van der Waals surface area (Å²) in [6, 6.07) is 14.0. The van der Waals surface area contributed by atoms with Gasteiger partial charge in [-0.3, -0.25) is 9.59 Å². The van der Waals surface area contributed by atoms with E-state index in [1.54, 1.807) is 35.2 Å². The lowest BCUT2D eigenvalue weighted by Crippen LogP contribution is -2.36. The van der Waals surface area contributed by atoms with E-state index in [9.17, 15) is 14.7 Å². The Morgan fingerprint density at radius 3 is 2.52 bits per heavy atom. The van der Waals surface area contributed by atoms with Crippen LogP contribution in [0, 0.1) is 0 Å². The van der Waals surface area contributed by atoms with E-state index in [0.717, 1.165) is 30.4 Å². The lowest BCUT2D eigenvalue weighted by molar-refractivity contribution is -0.140. The average molecular weight is 448 g/mol. The molecular weight excluding hydrogens is 418 g/mol. The number of aliphatic hydroxyl groups is 1. The number of nitrogens with zero attached hydrogens (tertiary/aromatic N) is 1. The van der Waals surface area contributed by atoms with Gasteiger partial charge in [-0.1, -0.05) is 43.8 Å². The van der Waals surface area contributed by atoms with Crippen molar-refractivity contribution in [2.75, 3.05) is 19.8 Å². The molecule has 2 heterocycles. The quantitative estimate of drug-likeness (QED) is 0.281. The van der Waals surface area contributed by atoms with Gasteiger partial charge in [-0.15, -0.1) is 0 Å². The summed E-state index contributed by atoms with van der Waals surface area (Å²) < 4.78 is 11.2. The maximum atomic E-state index is 13.1. The molecule has 6 heteroatoms. The molecule has 0 spiro atoms. The number of hydrogen-bond acceptors (Lipinski definition) is 5.